The summed E-state index contributed by atoms with van der Waals surface area (Å²) >= 11 is 0. The van der Waals surface area contributed by atoms with E-state index in [-0.39, 0.29) is 0 Å². The number of nitrogens with zero attached hydrogens (tertiary/aromatic N) is 2. The number of nitrogens with one attached hydrogen (secondary N) is 1. The molecule has 216 valence electrons. The largest absolute Gasteiger partial charge is 0.456 e. The molecule has 11 rings (SSSR count). The topological polar surface area (TPSA) is 44.3 Å². The fourth-order valence-electron chi connectivity index (χ4n) is 7.81. The van der Waals surface area contributed by atoms with Gasteiger partial charge in [-0.2, -0.15) is 0 Å². The standard InChI is InChI=1S/C41H25N3O2/c1-2-10-26-24(9-1)17-21-34-38(26)29-19-18-25(43-32-14-6-3-11-27(32)28-12-4-7-15-33(28)43)23-35(29)44(34)41-42-31-20-22-37-39(40(31)46-41)30-13-5-8-16-36(30)45-37/h1-23,41-42H. The Morgan fingerprint density at radius 1 is 0.500 bits per heavy atom. The first-order chi connectivity index (χ1) is 22.8. The minimum Gasteiger partial charge on any atom is -0.456 e. The Hall–Kier alpha value is -6.20. The van der Waals surface area contributed by atoms with Gasteiger partial charge in [-0.15, -0.1) is 0 Å². The molecule has 3 aromatic heterocycles. The van der Waals surface area contributed by atoms with Crippen molar-refractivity contribution < 1.29 is 9.15 Å². The Morgan fingerprint density at radius 2 is 1.22 bits per heavy atom. The van der Waals surface area contributed by atoms with Crippen molar-refractivity contribution in [3.63, 3.8) is 0 Å². The number of fused-ring (bicyclic) bond motifs is 13. The van der Waals surface area contributed by atoms with Gasteiger partial charge in [-0.3, -0.25) is 4.57 Å². The number of ether oxygens (including phenoxy) is 1. The molecule has 0 saturated carbocycles. The summed E-state index contributed by atoms with van der Waals surface area (Å²) < 4.78 is 17.8. The van der Waals surface area contributed by atoms with Crippen LogP contribution < -0.4 is 10.1 Å². The maximum atomic E-state index is 6.92. The molecule has 0 bridgehead atoms. The van der Waals surface area contributed by atoms with E-state index in [4.69, 9.17) is 9.15 Å². The van der Waals surface area contributed by atoms with Crippen LogP contribution in [0.2, 0.25) is 0 Å². The summed E-state index contributed by atoms with van der Waals surface area (Å²) in [6, 6.07) is 49.5. The maximum Gasteiger partial charge on any atom is 0.255 e. The fraction of sp³-hybridized carbons (Fsp3) is 0.0244. The van der Waals surface area contributed by atoms with E-state index in [1.807, 2.05) is 24.3 Å². The average molecular weight is 592 g/mol. The smallest absolute Gasteiger partial charge is 0.255 e. The van der Waals surface area contributed by atoms with Gasteiger partial charge in [-0.05, 0) is 59.3 Å². The van der Waals surface area contributed by atoms with E-state index in [1.54, 1.807) is 0 Å². The van der Waals surface area contributed by atoms with Crippen molar-refractivity contribution in [2.45, 2.75) is 6.35 Å². The molecule has 5 heteroatoms. The summed E-state index contributed by atoms with van der Waals surface area (Å²) in [7, 11) is 0. The Kier molecular flexibility index (Phi) is 4.57. The monoisotopic (exact) mass is 591 g/mol. The van der Waals surface area contributed by atoms with Crippen LogP contribution in [0.25, 0.3) is 82.0 Å². The Balaban J connectivity index is 1.20. The van der Waals surface area contributed by atoms with Crippen molar-refractivity contribution in [3.8, 4) is 11.4 Å². The summed E-state index contributed by atoms with van der Waals surface area (Å²) in [5.41, 5.74) is 8.34. The van der Waals surface area contributed by atoms with Crippen LogP contribution in [0, 0.1) is 0 Å². The van der Waals surface area contributed by atoms with E-state index in [0.717, 1.165) is 50.1 Å². The highest BCUT2D eigenvalue weighted by Crippen LogP contribution is 2.48. The van der Waals surface area contributed by atoms with E-state index in [9.17, 15) is 0 Å². The lowest BCUT2D eigenvalue weighted by Gasteiger charge is -2.17. The molecule has 0 aliphatic carbocycles. The molecule has 1 unspecified atom stereocenters. The van der Waals surface area contributed by atoms with Crippen LogP contribution in [0.3, 0.4) is 0 Å². The molecule has 0 radical (unpaired) electrons. The SMILES string of the molecule is c1ccc2c(c1)ccc1c2c2ccc(-n3c4ccccc4c4ccccc43)cc2n1C1Nc2ccc3oc4ccccc4c3c2O1. The summed E-state index contributed by atoms with van der Waals surface area (Å²) in [6.45, 7) is 0. The minimum atomic E-state index is -0.455. The number of rotatable bonds is 2. The summed E-state index contributed by atoms with van der Waals surface area (Å²) in [6.07, 6.45) is -0.455. The zero-order chi connectivity index (χ0) is 29.9. The Labute approximate surface area is 262 Å². The quantitative estimate of drug-likeness (QED) is 0.217. The first kappa shape index (κ1) is 24.2. The van der Waals surface area contributed by atoms with E-state index in [0.29, 0.717) is 0 Å². The molecule has 0 fully saturated rings. The average Bonchev–Trinajstić information content (AvgIpc) is 3.86. The molecule has 1 aliphatic rings. The summed E-state index contributed by atoms with van der Waals surface area (Å²) in [5.74, 6) is 0.821. The molecule has 1 atom stereocenters. The number of hydrogen-bond donors (Lipinski definition) is 1. The predicted octanol–water partition coefficient (Wildman–Crippen LogP) is 10.9. The first-order valence-corrected chi connectivity index (χ1v) is 15.6. The highest BCUT2D eigenvalue weighted by molar-refractivity contribution is 6.21. The lowest BCUT2D eigenvalue weighted by Crippen LogP contribution is -2.18. The lowest BCUT2D eigenvalue weighted by molar-refractivity contribution is 0.195. The maximum absolute atomic E-state index is 6.92. The lowest BCUT2D eigenvalue weighted by atomic mass is 10.0. The van der Waals surface area contributed by atoms with Crippen LogP contribution in [-0.4, -0.2) is 9.13 Å². The van der Waals surface area contributed by atoms with Crippen LogP contribution in [0.5, 0.6) is 5.75 Å². The van der Waals surface area contributed by atoms with Crippen molar-refractivity contribution in [1.82, 2.24) is 9.13 Å². The van der Waals surface area contributed by atoms with E-state index >= 15 is 0 Å². The van der Waals surface area contributed by atoms with Gasteiger partial charge in [0.05, 0.1) is 33.1 Å². The Morgan fingerprint density at radius 3 is 2.04 bits per heavy atom. The molecule has 5 nitrogen and oxygen atoms in total. The highest BCUT2D eigenvalue weighted by Gasteiger charge is 2.30. The third-order valence-electron chi connectivity index (χ3n) is 9.75. The molecule has 4 heterocycles. The van der Waals surface area contributed by atoms with Gasteiger partial charge in [0, 0.05) is 32.6 Å². The second kappa shape index (κ2) is 8.71. The first-order valence-electron chi connectivity index (χ1n) is 15.6. The van der Waals surface area contributed by atoms with Crippen molar-refractivity contribution in [2.75, 3.05) is 5.32 Å². The third kappa shape index (κ3) is 3.09. The molecule has 0 amide bonds. The second-order valence-corrected chi connectivity index (χ2v) is 12.2. The van der Waals surface area contributed by atoms with Gasteiger partial charge in [-0.1, -0.05) is 91.0 Å². The van der Waals surface area contributed by atoms with Crippen LogP contribution in [0.15, 0.2) is 144 Å². The Bertz CT molecular complexity index is 2840. The third-order valence-corrected chi connectivity index (χ3v) is 9.75. The van der Waals surface area contributed by atoms with Gasteiger partial charge < -0.3 is 19.0 Å². The van der Waals surface area contributed by atoms with Crippen molar-refractivity contribution in [3.05, 3.63) is 140 Å². The molecule has 46 heavy (non-hydrogen) atoms. The molecular weight excluding hydrogens is 566 g/mol. The van der Waals surface area contributed by atoms with Crippen LogP contribution in [0.1, 0.15) is 6.35 Å². The normalized spacial score (nSPS) is 14.7. The molecule has 7 aromatic carbocycles. The van der Waals surface area contributed by atoms with Crippen LogP contribution in [-0.2, 0) is 0 Å². The van der Waals surface area contributed by atoms with Gasteiger partial charge in [0.15, 0.2) is 5.75 Å². The molecular formula is C41H25N3O2. The van der Waals surface area contributed by atoms with Crippen molar-refractivity contribution in [2.24, 2.45) is 0 Å². The number of anilines is 1. The molecule has 0 saturated heterocycles. The number of hydrogen-bond acceptors (Lipinski definition) is 3. The minimum absolute atomic E-state index is 0.455. The second-order valence-electron chi connectivity index (χ2n) is 12.2. The fourth-order valence-corrected chi connectivity index (χ4v) is 7.81. The highest BCUT2D eigenvalue weighted by atomic mass is 16.5. The van der Waals surface area contributed by atoms with Crippen LogP contribution >= 0.6 is 0 Å². The van der Waals surface area contributed by atoms with Gasteiger partial charge in [0.1, 0.15) is 11.2 Å². The van der Waals surface area contributed by atoms with Crippen molar-refractivity contribution >= 4 is 82.0 Å². The van der Waals surface area contributed by atoms with E-state index in [1.165, 1.54) is 43.4 Å². The number of furan rings is 1. The van der Waals surface area contributed by atoms with Gasteiger partial charge in [0.2, 0.25) is 0 Å². The van der Waals surface area contributed by atoms with Crippen LogP contribution in [0.4, 0.5) is 5.69 Å². The molecule has 1 N–H and O–H groups in total. The zero-order valence-electron chi connectivity index (χ0n) is 24.6. The van der Waals surface area contributed by atoms with Crippen molar-refractivity contribution in [1.29, 1.82) is 0 Å². The predicted molar refractivity (Wildman–Crippen MR) is 188 cm³/mol. The van der Waals surface area contributed by atoms with E-state index in [2.05, 4.69) is 130 Å². The number of benzene rings is 7. The number of para-hydroxylation sites is 3. The molecule has 0 spiro atoms. The molecule has 10 aromatic rings. The van der Waals surface area contributed by atoms with Gasteiger partial charge in [0.25, 0.3) is 6.35 Å². The number of aromatic nitrogens is 2. The summed E-state index contributed by atoms with van der Waals surface area (Å²) in [5, 5.41) is 13.1. The van der Waals surface area contributed by atoms with Gasteiger partial charge in [-0.25, -0.2) is 0 Å². The van der Waals surface area contributed by atoms with E-state index < -0.39 is 6.35 Å². The zero-order valence-corrected chi connectivity index (χ0v) is 24.6. The summed E-state index contributed by atoms with van der Waals surface area (Å²) in [4.78, 5) is 0. The molecule has 1 aliphatic heterocycles. The van der Waals surface area contributed by atoms with Gasteiger partial charge >= 0.3 is 0 Å².